The number of pyridine rings is 1. The lowest BCUT2D eigenvalue weighted by molar-refractivity contribution is 0.0543. The first-order valence-electron chi connectivity index (χ1n) is 14.0. The Morgan fingerprint density at radius 1 is 0.789 bits per heavy atom. The standard InChI is InChI=1S/C31H37N5O2/c32-31(37)28-10-11-29(34-30(28)23-6-8-27(9-7-23)38-26-4-2-1-3-5-26)22-12-16-35(17-13-22)24-14-18-36(19-15-24)25-20-33-21-25/h1-11,22,24-25,33H,12-21H2,(H2,32,37). The fourth-order valence-corrected chi connectivity index (χ4v) is 6.13. The quantitative estimate of drug-likeness (QED) is 0.493. The molecule has 3 aliphatic heterocycles. The molecule has 3 saturated heterocycles. The van der Waals surface area contributed by atoms with Crippen LogP contribution >= 0.6 is 0 Å². The van der Waals surface area contributed by atoms with Crippen LogP contribution < -0.4 is 15.8 Å². The summed E-state index contributed by atoms with van der Waals surface area (Å²) in [6, 6.07) is 22.7. The summed E-state index contributed by atoms with van der Waals surface area (Å²) < 4.78 is 5.93. The first-order chi connectivity index (χ1) is 18.6. The average molecular weight is 512 g/mol. The number of piperidine rings is 2. The minimum atomic E-state index is -0.456. The summed E-state index contributed by atoms with van der Waals surface area (Å²) in [6.07, 6.45) is 4.75. The molecule has 0 saturated carbocycles. The van der Waals surface area contributed by atoms with Crippen LogP contribution in [0.1, 0.15) is 47.7 Å². The number of primary amides is 1. The van der Waals surface area contributed by atoms with Crippen LogP contribution in [0.4, 0.5) is 0 Å². The number of rotatable bonds is 7. The molecule has 7 nitrogen and oxygen atoms in total. The van der Waals surface area contributed by atoms with Crippen molar-refractivity contribution in [2.45, 2.75) is 43.7 Å². The molecule has 3 N–H and O–H groups in total. The second kappa shape index (κ2) is 11.2. The van der Waals surface area contributed by atoms with Gasteiger partial charge in [-0.1, -0.05) is 18.2 Å². The number of carbonyl (C=O) groups excluding carboxylic acids is 1. The zero-order chi connectivity index (χ0) is 25.9. The van der Waals surface area contributed by atoms with Gasteiger partial charge in [0.2, 0.25) is 0 Å². The van der Waals surface area contributed by atoms with Crippen molar-refractivity contribution in [1.82, 2.24) is 20.1 Å². The normalized spacial score (nSPS) is 20.2. The Hall–Kier alpha value is -3.26. The number of nitrogens with zero attached hydrogens (tertiary/aromatic N) is 3. The van der Waals surface area contributed by atoms with Crippen molar-refractivity contribution >= 4 is 5.91 Å². The predicted octanol–water partition coefficient (Wildman–Crippen LogP) is 4.26. The molecule has 1 aromatic heterocycles. The largest absolute Gasteiger partial charge is 0.457 e. The summed E-state index contributed by atoms with van der Waals surface area (Å²) in [5.41, 5.74) is 8.77. The Bertz CT molecular complexity index is 1230. The van der Waals surface area contributed by atoms with Crippen molar-refractivity contribution in [2.75, 3.05) is 39.3 Å². The van der Waals surface area contributed by atoms with E-state index in [4.69, 9.17) is 15.5 Å². The Morgan fingerprint density at radius 3 is 2.05 bits per heavy atom. The van der Waals surface area contributed by atoms with E-state index in [0.717, 1.165) is 67.8 Å². The summed E-state index contributed by atoms with van der Waals surface area (Å²) >= 11 is 0. The number of carbonyl (C=O) groups is 1. The predicted molar refractivity (Wildman–Crippen MR) is 150 cm³/mol. The van der Waals surface area contributed by atoms with Crippen LogP contribution in [0.3, 0.4) is 0 Å². The monoisotopic (exact) mass is 511 g/mol. The van der Waals surface area contributed by atoms with Crippen molar-refractivity contribution in [3.05, 3.63) is 78.0 Å². The van der Waals surface area contributed by atoms with Crippen molar-refractivity contribution in [2.24, 2.45) is 5.73 Å². The van der Waals surface area contributed by atoms with Gasteiger partial charge in [0.25, 0.3) is 5.91 Å². The van der Waals surface area contributed by atoms with Crippen molar-refractivity contribution < 1.29 is 9.53 Å². The molecule has 0 unspecified atom stereocenters. The van der Waals surface area contributed by atoms with E-state index < -0.39 is 5.91 Å². The number of hydrogen-bond donors (Lipinski definition) is 2. The van der Waals surface area contributed by atoms with Gasteiger partial charge in [-0.15, -0.1) is 0 Å². The van der Waals surface area contributed by atoms with Gasteiger partial charge in [0, 0.05) is 55.4 Å². The van der Waals surface area contributed by atoms with E-state index in [9.17, 15) is 4.79 Å². The molecule has 6 rings (SSSR count). The lowest BCUT2D eigenvalue weighted by atomic mass is 9.89. The first-order valence-corrected chi connectivity index (χ1v) is 14.0. The molecule has 2 aromatic carbocycles. The van der Waals surface area contributed by atoms with E-state index >= 15 is 0 Å². The lowest BCUT2D eigenvalue weighted by Crippen LogP contribution is -2.60. The number of nitrogens with two attached hydrogens (primary N) is 1. The summed E-state index contributed by atoms with van der Waals surface area (Å²) in [4.78, 5) is 22.6. The van der Waals surface area contributed by atoms with Crippen molar-refractivity contribution in [1.29, 1.82) is 0 Å². The highest BCUT2D eigenvalue weighted by molar-refractivity contribution is 5.98. The van der Waals surface area contributed by atoms with Gasteiger partial charge in [-0.25, -0.2) is 0 Å². The molecule has 0 atom stereocenters. The minimum Gasteiger partial charge on any atom is -0.457 e. The van der Waals surface area contributed by atoms with Crippen LogP contribution in [0.15, 0.2) is 66.7 Å². The average Bonchev–Trinajstić information content (AvgIpc) is 2.93. The summed E-state index contributed by atoms with van der Waals surface area (Å²) in [7, 11) is 0. The van der Waals surface area contributed by atoms with E-state index in [1.165, 1.54) is 25.9 Å². The van der Waals surface area contributed by atoms with Gasteiger partial charge >= 0.3 is 0 Å². The highest BCUT2D eigenvalue weighted by Gasteiger charge is 2.32. The van der Waals surface area contributed by atoms with E-state index in [0.29, 0.717) is 23.2 Å². The van der Waals surface area contributed by atoms with E-state index in [2.05, 4.69) is 15.1 Å². The molecule has 38 heavy (non-hydrogen) atoms. The topological polar surface area (TPSA) is 83.7 Å². The zero-order valence-corrected chi connectivity index (χ0v) is 21.9. The van der Waals surface area contributed by atoms with Crippen LogP contribution in [-0.4, -0.2) is 72.0 Å². The Morgan fingerprint density at radius 2 is 1.42 bits per heavy atom. The molecule has 0 bridgehead atoms. The smallest absolute Gasteiger partial charge is 0.250 e. The molecule has 198 valence electrons. The maximum absolute atomic E-state index is 12.2. The van der Waals surface area contributed by atoms with E-state index in [1.54, 1.807) is 0 Å². The highest BCUT2D eigenvalue weighted by Crippen LogP contribution is 2.33. The van der Waals surface area contributed by atoms with Crippen molar-refractivity contribution in [3.63, 3.8) is 0 Å². The Kier molecular flexibility index (Phi) is 7.40. The van der Waals surface area contributed by atoms with Crippen LogP contribution in [0.25, 0.3) is 11.3 Å². The second-order valence-corrected chi connectivity index (χ2v) is 10.8. The fraction of sp³-hybridized carbons (Fsp3) is 0.419. The molecule has 1 amide bonds. The maximum atomic E-state index is 12.2. The Labute approximate surface area is 225 Å². The number of benzene rings is 2. The summed E-state index contributed by atoms with van der Waals surface area (Å²) in [6.45, 7) is 6.99. The third-order valence-corrected chi connectivity index (χ3v) is 8.53. The first kappa shape index (κ1) is 25.0. The number of hydrogen-bond acceptors (Lipinski definition) is 6. The molecule has 3 aliphatic rings. The van der Waals surface area contributed by atoms with Gasteiger partial charge in [-0.05, 0) is 87.3 Å². The molecule has 3 aromatic rings. The number of nitrogens with one attached hydrogen (secondary N) is 1. The molecule has 0 aliphatic carbocycles. The van der Waals surface area contributed by atoms with Crippen LogP contribution in [-0.2, 0) is 0 Å². The summed E-state index contributed by atoms with van der Waals surface area (Å²) in [5.74, 6) is 1.46. The van der Waals surface area contributed by atoms with E-state index in [-0.39, 0.29) is 0 Å². The maximum Gasteiger partial charge on any atom is 0.250 e. The van der Waals surface area contributed by atoms with Crippen LogP contribution in [0.2, 0.25) is 0 Å². The lowest BCUT2D eigenvalue weighted by Gasteiger charge is -2.45. The van der Waals surface area contributed by atoms with Crippen molar-refractivity contribution in [3.8, 4) is 22.8 Å². The number of ether oxygens (including phenoxy) is 1. The molecule has 4 heterocycles. The van der Waals surface area contributed by atoms with Gasteiger partial charge in [0.15, 0.2) is 0 Å². The van der Waals surface area contributed by atoms with Gasteiger partial charge in [0.1, 0.15) is 11.5 Å². The van der Waals surface area contributed by atoms with Crippen LogP contribution in [0.5, 0.6) is 11.5 Å². The molecular weight excluding hydrogens is 474 g/mol. The number of likely N-dealkylation sites (tertiary alicyclic amines) is 2. The van der Waals surface area contributed by atoms with Gasteiger partial charge < -0.3 is 20.7 Å². The van der Waals surface area contributed by atoms with Gasteiger partial charge in [0.05, 0.1) is 11.3 Å². The molecule has 7 heteroatoms. The number of amides is 1. The highest BCUT2D eigenvalue weighted by atomic mass is 16.5. The molecule has 0 radical (unpaired) electrons. The third kappa shape index (κ3) is 5.46. The number of para-hydroxylation sites is 1. The minimum absolute atomic E-state index is 0.397. The van der Waals surface area contributed by atoms with Gasteiger partial charge in [-0.3, -0.25) is 14.7 Å². The van der Waals surface area contributed by atoms with Crippen LogP contribution in [0, 0.1) is 0 Å². The summed E-state index contributed by atoms with van der Waals surface area (Å²) in [5, 5.41) is 3.40. The fourth-order valence-electron chi connectivity index (χ4n) is 6.13. The molecular formula is C31H37N5O2. The molecule has 3 fully saturated rings. The van der Waals surface area contributed by atoms with Gasteiger partial charge in [-0.2, -0.15) is 0 Å². The SMILES string of the molecule is NC(=O)c1ccc(C2CCN(C3CCN(C4CNC4)CC3)CC2)nc1-c1ccc(Oc2ccccc2)cc1. The molecule has 0 spiro atoms. The second-order valence-electron chi connectivity index (χ2n) is 10.8. The zero-order valence-electron chi connectivity index (χ0n) is 21.9. The third-order valence-electron chi connectivity index (χ3n) is 8.53. The Balaban J connectivity index is 1.11. The number of aromatic nitrogens is 1. The van der Waals surface area contributed by atoms with E-state index in [1.807, 2.05) is 66.7 Å².